The van der Waals surface area contributed by atoms with E-state index in [1.807, 2.05) is 32.9 Å². The fraction of sp³-hybridized carbons (Fsp3) is 0.571. The largest absolute Gasteiger partial charge is 0.465 e. The summed E-state index contributed by atoms with van der Waals surface area (Å²) in [6, 6.07) is 7.35. The summed E-state index contributed by atoms with van der Waals surface area (Å²) in [5, 5.41) is 9.25. The summed E-state index contributed by atoms with van der Waals surface area (Å²) in [7, 11) is 0. The number of imide groups is 1. The zero-order valence-corrected chi connectivity index (χ0v) is 16.3. The number of nitrogens with zero attached hydrogens (tertiary/aromatic N) is 1. The van der Waals surface area contributed by atoms with Gasteiger partial charge in [-0.05, 0) is 55.2 Å². The first kappa shape index (κ1) is 20.9. The van der Waals surface area contributed by atoms with Crippen LogP contribution in [0.25, 0.3) is 0 Å². The van der Waals surface area contributed by atoms with Gasteiger partial charge in [-0.2, -0.15) is 0 Å². The molecule has 2 rings (SSSR count). The summed E-state index contributed by atoms with van der Waals surface area (Å²) in [5.74, 6) is -0.334. The number of carboxylic acid groups (broad SMARTS) is 1. The standard InChI is InChI=1S/C21H29NO5/c1-4-17-11-16(12-22(19(17)23)21(25)26)6-5-15-7-9-18(10-8-15)20(24)27-13-14(2)3/h7-10,14,16-17H,4-6,11-13H2,1-3H3,(H,25,26). The molecule has 1 fully saturated rings. The van der Waals surface area contributed by atoms with Crippen molar-refractivity contribution in [2.24, 2.45) is 17.8 Å². The number of amides is 2. The Labute approximate surface area is 160 Å². The van der Waals surface area contributed by atoms with Crippen molar-refractivity contribution in [3.05, 3.63) is 35.4 Å². The van der Waals surface area contributed by atoms with Crippen LogP contribution in [-0.2, 0) is 16.0 Å². The minimum absolute atomic E-state index is 0.166. The highest BCUT2D eigenvalue weighted by Crippen LogP contribution is 2.28. The highest BCUT2D eigenvalue weighted by molar-refractivity contribution is 5.93. The third-order valence-corrected chi connectivity index (χ3v) is 4.98. The number of rotatable bonds is 7. The zero-order valence-electron chi connectivity index (χ0n) is 16.3. The zero-order chi connectivity index (χ0) is 20.0. The fourth-order valence-electron chi connectivity index (χ4n) is 3.37. The Morgan fingerprint density at radius 2 is 1.93 bits per heavy atom. The summed E-state index contributed by atoms with van der Waals surface area (Å²) in [4.78, 5) is 36.3. The maximum atomic E-state index is 12.1. The van der Waals surface area contributed by atoms with Crippen LogP contribution in [0, 0.1) is 17.8 Å². The van der Waals surface area contributed by atoms with Gasteiger partial charge >= 0.3 is 12.1 Å². The van der Waals surface area contributed by atoms with Gasteiger partial charge in [0.15, 0.2) is 0 Å². The second kappa shape index (κ2) is 9.53. The van der Waals surface area contributed by atoms with Crippen LogP contribution in [0.4, 0.5) is 4.79 Å². The Bertz CT molecular complexity index is 668. The minimum atomic E-state index is -1.16. The molecule has 1 aromatic carbocycles. The van der Waals surface area contributed by atoms with Crippen LogP contribution in [0.15, 0.2) is 24.3 Å². The molecule has 0 spiro atoms. The molecule has 0 aromatic heterocycles. The average molecular weight is 375 g/mol. The molecule has 0 saturated carbocycles. The van der Waals surface area contributed by atoms with Gasteiger partial charge in [-0.25, -0.2) is 14.5 Å². The molecule has 1 aliphatic heterocycles. The Morgan fingerprint density at radius 1 is 1.26 bits per heavy atom. The first-order valence-electron chi connectivity index (χ1n) is 9.62. The van der Waals surface area contributed by atoms with Crippen molar-refractivity contribution in [1.82, 2.24) is 4.90 Å². The highest BCUT2D eigenvalue weighted by Gasteiger charge is 2.36. The van der Waals surface area contributed by atoms with E-state index in [4.69, 9.17) is 4.74 Å². The van der Waals surface area contributed by atoms with Gasteiger partial charge in [0.2, 0.25) is 5.91 Å². The molecule has 1 heterocycles. The van der Waals surface area contributed by atoms with E-state index < -0.39 is 6.09 Å². The quantitative estimate of drug-likeness (QED) is 0.729. The molecule has 1 aliphatic rings. The van der Waals surface area contributed by atoms with Crippen molar-refractivity contribution in [2.75, 3.05) is 13.2 Å². The van der Waals surface area contributed by atoms with Crippen LogP contribution < -0.4 is 0 Å². The molecule has 1 saturated heterocycles. The number of likely N-dealkylation sites (tertiary alicyclic amines) is 1. The van der Waals surface area contributed by atoms with Crippen LogP contribution in [0.3, 0.4) is 0 Å². The number of ether oxygens (including phenoxy) is 1. The molecule has 6 heteroatoms. The second-order valence-electron chi connectivity index (χ2n) is 7.67. The lowest BCUT2D eigenvalue weighted by molar-refractivity contribution is -0.137. The Kier molecular flexibility index (Phi) is 7.39. The van der Waals surface area contributed by atoms with Gasteiger partial charge in [-0.15, -0.1) is 0 Å². The summed E-state index contributed by atoms with van der Waals surface area (Å²) >= 11 is 0. The first-order chi connectivity index (χ1) is 12.8. The number of benzene rings is 1. The molecule has 148 valence electrons. The van der Waals surface area contributed by atoms with Crippen LogP contribution in [0.5, 0.6) is 0 Å². The number of hydrogen-bond donors (Lipinski definition) is 1. The van der Waals surface area contributed by atoms with Crippen molar-refractivity contribution < 1.29 is 24.2 Å². The molecule has 0 bridgehead atoms. The lowest BCUT2D eigenvalue weighted by atomic mass is 9.84. The van der Waals surface area contributed by atoms with Crippen LogP contribution in [0.2, 0.25) is 0 Å². The van der Waals surface area contributed by atoms with Gasteiger partial charge in [0.1, 0.15) is 0 Å². The predicted molar refractivity (Wildman–Crippen MR) is 102 cm³/mol. The molecule has 27 heavy (non-hydrogen) atoms. The van der Waals surface area contributed by atoms with Crippen LogP contribution in [0.1, 0.15) is 56.0 Å². The molecule has 1 N–H and O–H groups in total. The van der Waals surface area contributed by atoms with Crippen LogP contribution in [-0.4, -0.2) is 41.1 Å². The van der Waals surface area contributed by atoms with Crippen LogP contribution >= 0.6 is 0 Å². The molecule has 6 nitrogen and oxygen atoms in total. The molecule has 0 radical (unpaired) electrons. The average Bonchev–Trinajstić information content (AvgIpc) is 2.65. The van der Waals surface area contributed by atoms with Crippen molar-refractivity contribution in [1.29, 1.82) is 0 Å². The topological polar surface area (TPSA) is 83.9 Å². The van der Waals surface area contributed by atoms with E-state index >= 15 is 0 Å². The van der Waals surface area contributed by atoms with Crippen molar-refractivity contribution in [3.8, 4) is 0 Å². The lowest BCUT2D eigenvalue weighted by Gasteiger charge is -2.34. The Morgan fingerprint density at radius 3 is 2.48 bits per heavy atom. The van der Waals surface area contributed by atoms with E-state index in [1.54, 1.807) is 12.1 Å². The fourth-order valence-corrected chi connectivity index (χ4v) is 3.37. The SMILES string of the molecule is CCC1CC(CCc2ccc(C(=O)OCC(C)C)cc2)CN(C(=O)O)C1=O. The maximum Gasteiger partial charge on any atom is 0.414 e. The smallest absolute Gasteiger partial charge is 0.414 e. The molecule has 2 unspecified atom stereocenters. The summed E-state index contributed by atoms with van der Waals surface area (Å²) in [5.41, 5.74) is 1.62. The molecular formula is C21H29NO5. The molecule has 2 amide bonds. The number of hydrogen-bond acceptors (Lipinski definition) is 4. The van der Waals surface area contributed by atoms with Gasteiger partial charge in [-0.1, -0.05) is 32.9 Å². The van der Waals surface area contributed by atoms with Gasteiger partial charge in [0.25, 0.3) is 0 Å². The van der Waals surface area contributed by atoms with E-state index in [9.17, 15) is 19.5 Å². The van der Waals surface area contributed by atoms with E-state index in [0.29, 0.717) is 24.5 Å². The number of carbonyl (C=O) groups is 3. The minimum Gasteiger partial charge on any atom is -0.465 e. The summed E-state index contributed by atoms with van der Waals surface area (Å²) in [6.07, 6.45) is 1.83. The Hall–Kier alpha value is -2.37. The van der Waals surface area contributed by atoms with Crippen molar-refractivity contribution in [2.45, 2.75) is 46.5 Å². The summed E-state index contributed by atoms with van der Waals surface area (Å²) < 4.78 is 5.22. The lowest BCUT2D eigenvalue weighted by Crippen LogP contribution is -2.47. The van der Waals surface area contributed by atoms with E-state index in [0.717, 1.165) is 29.7 Å². The first-order valence-corrected chi connectivity index (χ1v) is 9.62. The van der Waals surface area contributed by atoms with Gasteiger partial charge in [0.05, 0.1) is 12.2 Å². The van der Waals surface area contributed by atoms with Gasteiger partial charge in [0, 0.05) is 12.5 Å². The number of aryl methyl sites for hydroxylation is 1. The molecule has 2 atom stereocenters. The van der Waals surface area contributed by atoms with Crippen molar-refractivity contribution in [3.63, 3.8) is 0 Å². The van der Waals surface area contributed by atoms with Crippen molar-refractivity contribution >= 4 is 18.0 Å². The second-order valence-corrected chi connectivity index (χ2v) is 7.67. The van der Waals surface area contributed by atoms with Gasteiger partial charge in [-0.3, -0.25) is 4.79 Å². The van der Waals surface area contributed by atoms with E-state index in [2.05, 4.69) is 0 Å². The number of carbonyl (C=O) groups excluding carboxylic acids is 2. The molecular weight excluding hydrogens is 346 g/mol. The third kappa shape index (κ3) is 5.81. The van der Waals surface area contributed by atoms with E-state index in [-0.39, 0.29) is 30.3 Å². The normalized spacial score (nSPS) is 20.0. The van der Waals surface area contributed by atoms with Gasteiger partial charge < -0.3 is 9.84 Å². The number of esters is 1. The number of piperidine rings is 1. The third-order valence-electron chi connectivity index (χ3n) is 4.98. The Balaban J connectivity index is 1.91. The summed E-state index contributed by atoms with van der Waals surface area (Å²) in [6.45, 7) is 6.57. The predicted octanol–water partition coefficient (Wildman–Crippen LogP) is 3.98. The molecule has 0 aliphatic carbocycles. The maximum absolute atomic E-state index is 12.1. The monoisotopic (exact) mass is 375 g/mol. The molecule has 1 aromatic rings. The highest BCUT2D eigenvalue weighted by atomic mass is 16.5. The van der Waals surface area contributed by atoms with E-state index in [1.165, 1.54) is 0 Å².